The number of hydrogen-bond acceptors (Lipinski definition) is 6. The van der Waals surface area contributed by atoms with Gasteiger partial charge in [-0.1, -0.05) is 17.7 Å². The molecule has 2 aromatic carbocycles. The number of anilines is 1. The van der Waals surface area contributed by atoms with Crippen molar-refractivity contribution in [3.8, 4) is 5.75 Å². The molecule has 7 nitrogen and oxygen atoms in total. The molecule has 0 aliphatic carbocycles. The van der Waals surface area contributed by atoms with E-state index in [0.717, 1.165) is 22.8 Å². The van der Waals surface area contributed by atoms with Crippen LogP contribution in [0.4, 0.5) is 24.5 Å². The van der Waals surface area contributed by atoms with E-state index in [0.29, 0.717) is 17.9 Å². The number of nitrogens with zero attached hydrogens (tertiary/aromatic N) is 1. The Hall–Kier alpha value is -2.82. The Balaban J connectivity index is 2.15. The van der Waals surface area contributed by atoms with Gasteiger partial charge in [-0.05, 0) is 44.0 Å². The van der Waals surface area contributed by atoms with E-state index in [4.69, 9.17) is 4.74 Å². The second-order valence-electron chi connectivity index (χ2n) is 6.39. The van der Waals surface area contributed by atoms with E-state index in [1.165, 1.54) is 0 Å². The van der Waals surface area contributed by atoms with Crippen molar-refractivity contribution in [1.29, 1.82) is 0 Å². The van der Waals surface area contributed by atoms with Gasteiger partial charge in [-0.25, -0.2) is 8.42 Å². The third-order valence-electron chi connectivity index (χ3n) is 4.05. The van der Waals surface area contributed by atoms with Gasteiger partial charge in [0.1, 0.15) is 18.0 Å². The molecule has 0 aliphatic heterocycles. The molecule has 2 aromatic rings. The van der Waals surface area contributed by atoms with Crippen LogP contribution in [-0.4, -0.2) is 32.0 Å². The number of sulfone groups is 1. The van der Waals surface area contributed by atoms with Crippen molar-refractivity contribution in [2.75, 3.05) is 18.5 Å². The van der Waals surface area contributed by atoms with Crippen molar-refractivity contribution >= 4 is 21.2 Å². The average molecular weight is 432 g/mol. The summed E-state index contributed by atoms with van der Waals surface area (Å²) < 4.78 is 66.6. The molecule has 0 saturated carbocycles. The SMILES string of the molecule is Cc1cc(C)c(OCCNc2ccc(S(=O)(=O)C(F)(F)F)cc2[N+](=O)[O-])c(C)c1. The smallest absolute Gasteiger partial charge is 0.491 e. The number of hydrogen-bond donors (Lipinski definition) is 1. The summed E-state index contributed by atoms with van der Waals surface area (Å²) in [5, 5.41) is 13.9. The highest BCUT2D eigenvalue weighted by molar-refractivity contribution is 7.92. The minimum absolute atomic E-state index is 0.110. The number of nitrogens with one attached hydrogen (secondary N) is 1. The summed E-state index contributed by atoms with van der Waals surface area (Å²) in [5.74, 6) is 0.679. The van der Waals surface area contributed by atoms with Crippen LogP contribution in [0.15, 0.2) is 35.2 Å². The maximum Gasteiger partial charge on any atom is 0.501 e. The van der Waals surface area contributed by atoms with E-state index >= 15 is 0 Å². The summed E-state index contributed by atoms with van der Waals surface area (Å²) >= 11 is 0. The first-order valence-corrected chi connectivity index (χ1v) is 9.87. The lowest BCUT2D eigenvalue weighted by Gasteiger charge is -2.14. The van der Waals surface area contributed by atoms with Crippen molar-refractivity contribution in [2.45, 2.75) is 31.2 Å². The third kappa shape index (κ3) is 4.97. The molecule has 2 rings (SSSR count). The molecule has 0 saturated heterocycles. The predicted octanol–water partition coefficient (Wildman–Crippen LogP) is 4.30. The second-order valence-corrected chi connectivity index (χ2v) is 8.33. The number of benzene rings is 2. The summed E-state index contributed by atoms with van der Waals surface area (Å²) in [5.41, 5.74) is -3.51. The number of halogens is 3. The second kappa shape index (κ2) is 8.27. The van der Waals surface area contributed by atoms with Gasteiger partial charge in [0.25, 0.3) is 15.5 Å². The molecule has 0 unspecified atom stereocenters. The standard InChI is InChI=1S/C18H19F3N2O5S/c1-11-8-12(2)17(13(3)9-11)28-7-6-22-15-5-4-14(10-16(15)23(24)25)29(26,27)18(19,20)21/h4-5,8-10,22H,6-7H2,1-3H3. The maximum absolute atomic E-state index is 12.7. The van der Waals surface area contributed by atoms with Crippen LogP contribution >= 0.6 is 0 Å². The first-order chi connectivity index (χ1) is 13.3. The van der Waals surface area contributed by atoms with Crippen LogP contribution in [0.5, 0.6) is 5.75 Å². The van der Waals surface area contributed by atoms with Gasteiger partial charge in [0, 0.05) is 12.6 Å². The molecule has 11 heteroatoms. The lowest BCUT2D eigenvalue weighted by molar-refractivity contribution is -0.384. The summed E-state index contributed by atoms with van der Waals surface area (Å²) in [4.78, 5) is 9.04. The Morgan fingerprint density at radius 3 is 2.21 bits per heavy atom. The molecule has 0 aromatic heterocycles. The molecule has 0 aliphatic rings. The highest BCUT2D eigenvalue weighted by Gasteiger charge is 2.47. The summed E-state index contributed by atoms with van der Waals surface area (Å²) in [6.45, 7) is 5.96. The van der Waals surface area contributed by atoms with Gasteiger partial charge in [-0.2, -0.15) is 13.2 Å². The molecule has 0 spiro atoms. The van der Waals surface area contributed by atoms with Crippen molar-refractivity contribution in [3.05, 3.63) is 57.1 Å². The monoisotopic (exact) mass is 432 g/mol. The molecule has 158 valence electrons. The van der Waals surface area contributed by atoms with Crippen LogP contribution < -0.4 is 10.1 Å². The zero-order chi connectivity index (χ0) is 22.0. The lowest BCUT2D eigenvalue weighted by atomic mass is 10.1. The molecule has 0 amide bonds. The van der Waals surface area contributed by atoms with Crippen molar-refractivity contribution in [2.24, 2.45) is 0 Å². The van der Waals surface area contributed by atoms with E-state index in [2.05, 4.69) is 5.32 Å². The van der Waals surface area contributed by atoms with E-state index < -0.39 is 30.9 Å². The van der Waals surface area contributed by atoms with Gasteiger partial charge < -0.3 is 10.1 Å². The Morgan fingerprint density at radius 2 is 1.69 bits per heavy atom. The fraction of sp³-hybridized carbons (Fsp3) is 0.333. The van der Waals surface area contributed by atoms with Gasteiger partial charge in [0.05, 0.1) is 9.82 Å². The third-order valence-corrected chi connectivity index (χ3v) is 5.53. The normalized spacial score (nSPS) is 11.9. The summed E-state index contributed by atoms with van der Waals surface area (Å²) in [6.07, 6.45) is 0. The van der Waals surface area contributed by atoms with Gasteiger partial charge in [0.2, 0.25) is 0 Å². The largest absolute Gasteiger partial charge is 0.501 e. The van der Waals surface area contributed by atoms with E-state index in [-0.39, 0.29) is 18.8 Å². The Bertz CT molecular complexity index is 1010. The van der Waals surface area contributed by atoms with Crippen LogP contribution in [0.2, 0.25) is 0 Å². The number of rotatable bonds is 7. The fourth-order valence-electron chi connectivity index (χ4n) is 2.85. The molecule has 29 heavy (non-hydrogen) atoms. The van der Waals surface area contributed by atoms with Crippen LogP contribution in [0.1, 0.15) is 16.7 Å². The maximum atomic E-state index is 12.7. The molecule has 0 radical (unpaired) electrons. The van der Waals surface area contributed by atoms with E-state index in [1.54, 1.807) is 0 Å². The van der Waals surface area contributed by atoms with Crippen molar-refractivity contribution < 1.29 is 31.2 Å². The molecule has 1 N–H and O–H groups in total. The Morgan fingerprint density at radius 1 is 1.10 bits per heavy atom. The number of nitro groups is 1. The molecule has 0 atom stereocenters. The topological polar surface area (TPSA) is 98.5 Å². The molecular weight excluding hydrogens is 413 g/mol. The lowest BCUT2D eigenvalue weighted by Crippen LogP contribution is -2.23. The van der Waals surface area contributed by atoms with E-state index in [9.17, 15) is 31.7 Å². The predicted molar refractivity (Wildman–Crippen MR) is 101 cm³/mol. The van der Waals surface area contributed by atoms with Crippen molar-refractivity contribution in [1.82, 2.24) is 0 Å². The number of ether oxygens (including phenoxy) is 1. The zero-order valence-corrected chi connectivity index (χ0v) is 16.6. The minimum Gasteiger partial charge on any atom is -0.491 e. The first kappa shape index (κ1) is 22.5. The molecule has 0 fully saturated rings. The van der Waals surface area contributed by atoms with Crippen LogP contribution in [0.3, 0.4) is 0 Å². The van der Waals surface area contributed by atoms with E-state index in [1.807, 2.05) is 32.9 Å². The number of nitro benzene ring substituents is 1. The highest BCUT2D eigenvalue weighted by atomic mass is 32.2. The molecular formula is C18H19F3N2O5S. The van der Waals surface area contributed by atoms with Crippen LogP contribution in [0.25, 0.3) is 0 Å². The Kier molecular flexibility index (Phi) is 6.41. The van der Waals surface area contributed by atoms with Gasteiger partial charge in [-0.15, -0.1) is 0 Å². The summed E-state index contributed by atoms with van der Waals surface area (Å²) in [6, 6.07) is 5.88. The fourth-order valence-corrected chi connectivity index (χ4v) is 3.63. The first-order valence-electron chi connectivity index (χ1n) is 8.39. The zero-order valence-electron chi connectivity index (χ0n) is 15.8. The highest BCUT2D eigenvalue weighted by Crippen LogP contribution is 2.34. The number of alkyl halides is 3. The average Bonchev–Trinajstić information content (AvgIpc) is 2.59. The van der Waals surface area contributed by atoms with Crippen molar-refractivity contribution in [3.63, 3.8) is 0 Å². The van der Waals surface area contributed by atoms with Gasteiger partial charge in [-0.3, -0.25) is 10.1 Å². The number of aryl methyl sites for hydroxylation is 3. The summed E-state index contributed by atoms with van der Waals surface area (Å²) in [7, 11) is -5.68. The minimum atomic E-state index is -5.68. The molecule has 0 bridgehead atoms. The molecule has 0 heterocycles. The van der Waals surface area contributed by atoms with Gasteiger partial charge in [0.15, 0.2) is 0 Å². The Labute approximate surface area is 165 Å². The van der Waals surface area contributed by atoms with Crippen LogP contribution in [-0.2, 0) is 9.84 Å². The quantitative estimate of drug-likeness (QED) is 0.398. The van der Waals surface area contributed by atoms with Crippen LogP contribution in [0, 0.1) is 30.9 Å². The van der Waals surface area contributed by atoms with Gasteiger partial charge >= 0.3 is 5.51 Å².